The van der Waals surface area contributed by atoms with E-state index in [1.165, 1.54) is 11.3 Å². The number of nitrogens with zero attached hydrogens (tertiary/aromatic N) is 1. The summed E-state index contributed by atoms with van der Waals surface area (Å²) in [6.45, 7) is 3.23. The van der Waals surface area contributed by atoms with Gasteiger partial charge in [0.1, 0.15) is 4.88 Å². The maximum atomic E-state index is 10.9. The fraction of sp³-hybridized carbons (Fsp3) is 0.600. The summed E-state index contributed by atoms with van der Waals surface area (Å²) in [5, 5.41) is 9.82. The number of hydrogen-bond donors (Lipinski definition) is 1. The average Bonchev–Trinajstić information content (AvgIpc) is 2.62. The molecule has 0 bridgehead atoms. The molecule has 2 heterocycles. The van der Waals surface area contributed by atoms with E-state index in [-0.39, 0.29) is 5.92 Å². The van der Waals surface area contributed by atoms with Crippen LogP contribution in [-0.2, 0) is 4.74 Å². The van der Waals surface area contributed by atoms with E-state index in [0.29, 0.717) is 17.2 Å². The van der Waals surface area contributed by atoms with Crippen molar-refractivity contribution in [1.29, 1.82) is 0 Å². The Hall–Kier alpha value is -0.940. The lowest BCUT2D eigenvalue weighted by Crippen LogP contribution is -2.15. The van der Waals surface area contributed by atoms with Crippen LogP contribution in [0.2, 0.25) is 0 Å². The first kappa shape index (κ1) is 10.6. The van der Waals surface area contributed by atoms with Gasteiger partial charge in [0, 0.05) is 12.5 Å². The van der Waals surface area contributed by atoms with E-state index in [0.717, 1.165) is 24.5 Å². The predicted molar refractivity (Wildman–Crippen MR) is 56.6 cm³/mol. The third kappa shape index (κ3) is 2.18. The van der Waals surface area contributed by atoms with E-state index < -0.39 is 5.97 Å². The van der Waals surface area contributed by atoms with E-state index in [9.17, 15) is 4.79 Å². The van der Waals surface area contributed by atoms with Gasteiger partial charge in [0.25, 0.3) is 0 Å². The van der Waals surface area contributed by atoms with Gasteiger partial charge >= 0.3 is 5.97 Å². The number of rotatable bonds is 2. The first-order valence-corrected chi connectivity index (χ1v) is 5.78. The molecule has 1 aliphatic heterocycles. The zero-order chi connectivity index (χ0) is 10.8. The second-order valence-corrected chi connectivity index (χ2v) is 4.72. The molecule has 5 heteroatoms. The van der Waals surface area contributed by atoms with E-state index in [2.05, 4.69) is 4.98 Å². The fourth-order valence-corrected chi connectivity index (χ4v) is 2.75. The zero-order valence-corrected chi connectivity index (χ0v) is 9.34. The SMILES string of the molecule is Cc1nc(C2CCCOC2)sc1C(=O)O. The second kappa shape index (κ2) is 4.28. The van der Waals surface area contributed by atoms with Crippen LogP contribution in [0.15, 0.2) is 0 Å². The largest absolute Gasteiger partial charge is 0.477 e. The van der Waals surface area contributed by atoms with Crippen LogP contribution in [0.1, 0.15) is 39.1 Å². The van der Waals surface area contributed by atoms with Crippen molar-refractivity contribution in [2.24, 2.45) is 0 Å². The van der Waals surface area contributed by atoms with Crippen LogP contribution < -0.4 is 0 Å². The molecule has 0 aliphatic carbocycles. The summed E-state index contributed by atoms with van der Waals surface area (Å²) in [6.07, 6.45) is 2.08. The minimum Gasteiger partial charge on any atom is -0.477 e. The monoisotopic (exact) mass is 227 g/mol. The van der Waals surface area contributed by atoms with E-state index in [4.69, 9.17) is 9.84 Å². The Kier molecular flexibility index (Phi) is 3.02. The minimum atomic E-state index is -0.882. The maximum absolute atomic E-state index is 10.9. The molecule has 1 aromatic heterocycles. The molecule has 1 aliphatic rings. The van der Waals surface area contributed by atoms with Gasteiger partial charge in [-0.05, 0) is 19.8 Å². The van der Waals surface area contributed by atoms with Gasteiger partial charge in [-0.15, -0.1) is 11.3 Å². The molecule has 0 saturated carbocycles. The van der Waals surface area contributed by atoms with Crippen LogP contribution in [-0.4, -0.2) is 29.3 Å². The fourth-order valence-electron chi connectivity index (χ4n) is 1.73. The van der Waals surface area contributed by atoms with Crippen molar-refractivity contribution in [3.05, 3.63) is 15.6 Å². The highest BCUT2D eigenvalue weighted by atomic mass is 32.1. The highest BCUT2D eigenvalue weighted by molar-refractivity contribution is 7.13. The molecule has 0 radical (unpaired) electrons. The molecule has 1 saturated heterocycles. The van der Waals surface area contributed by atoms with Crippen LogP contribution in [0.25, 0.3) is 0 Å². The molecule has 1 N–H and O–H groups in total. The van der Waals surface area contributed by atoms with Gasteiger partial charge in [0.2, 0.25) is 0 Å². The lowest BCUT2D eigenvalue weighted by atomic mass is 10.0. The molecule has 15 heavy (non-hydrogen) atoms. The first-order valence-electron chi connectivity index (χ1n) is 4.97. The van der Waals surface area contributed by atoms with Crippen LogP contribution in [0.3, 0.4) is 0 Å². The van der Waals surface area contributed by atoms with Gasteiger partial charge < -0.3 is 9.84 Å². The van der Waals surface area contributed by atoms with Crippen molar-refractivity contribution in [1.82, 2.24) is 4.98 Å². The van der Waals surface area contributed by atoms with E-state index >= 15 is 0 Å². The summed E-state index contributed by atoms with van der Waals surface area (Å²) in [7, 11) is 0. The molecule has 4 nitrogen and oxygen atoms in total. The highest BCUT2D eigenvalue weighted by Gasteiger charge is 2.22. The molecule has 1 unspecified atom stereocenters. The number of carboxylic acids is 1. The number of aromatic nitrogens is 1. The van der Waals surface area contributed by atoms with E-state index in [1.54, 1.807) is 6.92 Å². The first-order chi connectivity index (χ1) is 7.18. The second-order valence-electron chi connectivity index (χ2n) is 3.69. The lowest BCUT2D eigenvalue weighted by molar-refractivity contribution is 0.0701. The molecule has 1 fully saturated rings. The van der Waals surface area contributed by atoms with Crippen LogP contribution >= 0.6 is 11.3 Å². The van der Waals surface area contributed by atoms with Crippen molar-refractivity contribution in [3.63, 3.8) is 0 Å². The molecular weight excluding hydrogens is 214 g/mol. The summed E-state index contributed by atoms with van der Waals surface area (Å²) >= 11 is 1.28. The Morgan fingerprint density at radius 2 is 2.47 bits per heavy atom. The quantitative estimate of drug-likeness (QED) is 0.840. The van der Waals surface area contributed by atoms with Gasteiger partial charge in [-0.3, -0.25) is 0 Å². The molecule has 1 aromatic rings. The van der Waals surface area contributed by atoms with Crippen molar-refractivity contribution in [2.75, 3.05) is 13.2 Å². The Labute approximate surface area is 91.9 Å². The third-order valence-corrected chi connectivity index (χ3v) is 3.82. The normalized spacial score (nSPS) is 21.5. The van der Waals surface area contributed by atoms with Crippen molar-refractivity contribution in [2.45, 2.75) is 25.7 Å². The molecule has 0 aromatic carbocycles. The smallest absolute Gasteiger partial charge is 0.347 e. The Morgan fingerprint density at radius 1 is 1.67 bits per heavy atom. The lowest BCUT2D eigenvalue weighted by Gasteiger charge is -2.19. The zero-order valence-electron chi connectivity index (χ0n) is 8.52. The Balaban J connectivity index is 2.21. The topological polar surface area (TPSA) is 59.4 Å². The van der Waals surface area contributed by atoms with Gasteiger partial charge in [-0.2, -0.15) is 0 Å². The number of aromatic carboxylic acids is 1. The number of carbonyl (C=O) groups is 1. The summed E-state index contributed by atoms with van der Waals surface area (Å²) < 4.78 is 5.37. The van der Waals surface area contributed by atoms with Gasteiger partial charge in [-0.1, -0.05) is 0 Å². The average molecular weight is 227 g/mol. The Bertz CT molecular complexity index is 369. The minimum absolute atomic E-state index is 0.288. The summed E-state index contributed by atoms with van der Waals surface area (Å²) in [5.74, 6) is -0.594. The van der Waals surface area contributed by atoms with Crippen molar-refractivity contribution < 1.29 is 14.6 Å². The molecule has 0 spiro atoms. The maximum Gasteiger partial charge on any atom is 0.347 e. The summed E-state index contributed by atoms with van der Waals surface area (Å²) in [5.41, 5.74) is 0.619. The predicted octanol–water partition coefficient (Wildman–Crippen LogP) is 2.04. The molecular formula is C10H13NO3S. The van der Waals surface area contributed by atoms with Crippen LogP contribution in [0.5, 0.6) is 0 Å². The van der Waals surface area contributed by atoms with Gasteiger partial charge in [0.15, 0.2) is 0 Å². The Morgan fingerprint density at radius 3 is 3.00 bits per heavy atom. The number of hydrogen-bond acceptors (Lipinski definition) is 4. The molecule has 82 valence electrons. The summed E-state index contributed by atoms with van der Waals surface area (Å²) in [6, 6.07) is 0. The number of carboxylic acid groups (broad SMARTS) is 1. The van der Waals surface area contributed by atoms with Crippen molar-refractivity contribution in [3.8, 4) is 0 Å². The standard InChI is InChI=1S/C10H13NO3S/c1-6-8(10(12)13)15-9(11-6)7-3-2-4-14-5-7/h7H,2-5H2,1H3,(H,12,13). The number of ether oxygens (including phenoxy) is 1. The molecule has 0 amide bonds. The van der Waals surface area contributed by atoms with E-state index in [1.807, 2.05) is 0 Å². The number of aryl methyl sites for hydroxylation is 1. The van der Waals surface area contributed by atoms with Crippen molar-refractivity contribution >= 4 is 17.3 Å². The highest BCUT2D eigenvalue weighted by Crippen LogP contribution is 2.30. The van der Waals surface area contributed by atoms with Crippen LogP contribution in [0.4, 0.5) is 0 Å². The molecule has 1 atom stereocenters. The third-order valence-electron chi connectivity index (χ3n) is 2.52. The number of thiazole rings is 1. The van der Waals surface area contributed by atoms with Gasteiger partial charge in [-0.25, -0.2) is 9.78 Å². The van der Waals surface area contributed by atoms with Gasteiger partial charge in [0.05, 0.1) is 17.3 Å². The van der Waals surface area contributed by atoms with Crippen LogP contribution in [0, 0.1) is 6.92 Å². The summed E-state index contributed by atoms with van der Waals surface area (Å²) in [4.78, 5) is 15.5. The molecule has 2 rings (SSSR count).